The lowest BCUT2D eigenvalue weighted by Crippen LogP contribution is -2.71. The van der Waals surface area contributed by atoms with Crippen LogP contribution in [0.15, 0.2) is 66.6 Å². The zero-order valence-corrected chi connectivity index (χ0v) is 29.3. The molecule has 49 heavy (non-hydrogen) atoms. The molecule has 1 unspecified atom stereocenters. The maximum atomic E-state index is 13.4. The third kappa shape index (κ3) is 7.08. The molecule has 17 heteroatoms. The lowest BCUT2D eigenvalue weighted by atomic mass is 10.0. The summed E-state index contributed by atoms with van der Waals surface area (Å²) >= 11 is 5.30. The molecule has 3 aliphatic heterocycles. The quantitative estimate of drug-likeness (QED) is 0.119. The first kappa shape index (κ1) is 33.6. The Labute approximate surface area is 297 Å². The van der Waals surface area contributed by atoms with E-state index in [9.17, 15) is 24.3 Å². The Bertz CT molecular complexity index is 1950. The fourth-order valence-electron chi connectivity index (χ4n) is 6.08. The van der Waals surface area contributed by atoms with Crippen molar-refractivity contribution in [3.05, 3.63) is 68.3 Å². The molecular weight excluding hydrogens is 709 g/mol. The Kier molecular flexibility index (Phi) is 9.96. The third-order valence-corrected chi connectivity index (χ3v) is 12.6. The summed E-state index contributed by atoms with van der Waals surface area (Å²) in [7, 11) is 0. The fourth-order valence-corrected chi connectivity index (χ4v) is 9.96. The van der Waals surface area contributed by atoms with Gasteiger partial charge in [0, 0.05) is 46.1 Å². The molecular formula is C32H32N6O7S4. The number of thioether (sulfide) groups is 2. The third-order valence-electron chi connectivity index (χ3n) is 8.58. The van der Waals surface area contributed by atoms with Gasteiger partial charge in [-0.25, -0.2) is 9.78 Å². The molecule has 2 amide bonds. The minimum atomic E-state index is -1.25. The van der Waals surface area contributed by atoms with Crippen molar-refractivity contribution in [1.29, 1.82) is 0 Å². The zero-order chi connectivity index (χ0) is 34.1. The molecule has 3 fully saturated rings. The molecule has 0 spiro atoms. The SMILES string of the molecule is Nc1nc(C(=NOC2CCCC2)C(=O)NC2C(=O)N3C(C(=O)O)=C(C=CSc4cc(=O)c5ccc(N6CCOCC6)cc5s4)CS[C@@H]23)cs1. The van der Waals surface area contributed by atoms with Gasteiger partial charge in [0.25, 0.3) is 11.8 Å². The van der Waals surface area contributed by atoms with Crippen molar-refractivity contribution in [2.75, 3.05) is 42.7 Å². The van der Waals surface area contributed by atoms with Crippen molar-refractivity contribution in [1.82, 2.24) is 15.2 Å². The van der Waals surface area contributed by atoms with E-state index in [0.29, 0.717) is 29.9 Å². The van der Waals surface area contributed by atoms with Gasteiger partial charge in [-0.15, -0.1) is 34.4 Å². The smallest absolute Gasteiger partial charge is 0.352 e. The van der Waals surface area contributed by atoms with Gasteiger partial charge in [-0.3, -0.25) is 19.3 Å². The van der Waals surface area contributed by atoms with E-state index in [0.717, 1.165) is 64.7 Å². The monoisotopic (exact) mass is 740 g/mol. The molecule has 0 bridgehead atoms. The van der Waals surface area contributed by atoms with Gasteiger partial charge in [0.15, 0.2) is 16.3 Å². The molecule has 2 atom stereocenters. The number of ether oxygens (including phenoxy) is 1. The predicted molar refractivity (Wildman–Crippen MR) is 192 cm³/mol. The Hall–Kier alpha value is -3.90. The number of carboxylic acid groups (broad SMARTS) is 1. The number of nitrogens with zero attached hydrogens (tertiary/aromatic N) is 4. The lowest BCUT2D eigenvalue weighted by molar-refractivity contribution is -0.150. The van der Waals surface area contributed by atoms with E-state index in [1.807, 2.05) is 18.2 Å². The molecule has 5 heterocycles. The molecule has 2 aromatic heterocycles. The molecule has 1 saturated carbocycles. The van der Waals surface area contributed by atoms with Gasteiger partial charge in [-0.05, 0) is 60.9 Å². The highest BCUT2D eigenvalue weighted by Crippen LogP contribution is 2.41. The molecule has 7 rings (SSSR count). The first-order chi connectivity index (χ1) is 23.8. The normalized spacial score (nSPS) is 21.7. The molecule has 0 radical (unpaired) electrons. The second kappa shape index (κ2) is 14.5. The van der Waals surface area contributed by atoms with Gasteiger partial charge in [0.1, 0.15) is 28.9 Å². The molecule has 2 saturated heterocycles. The summed E-state index contributed by atoms with van der Waals surface area (Å²) in [4.78, 5) is 65.3. The van der Waals surface area contributed by atoms with E-state index in [4.69, 9.17) is 15.3 Å². The topological polar surface area (TPSA) is 177 Å². The molecule has 4 N–H and O–H groups in total. The van der Waals surface area contributed by atoms with Crippen LogP contribution in [0, 0.1) is 0 Å². The number of aliphatic carboxylic acids is 1. The maximum Gasteiger partial charge on any atom is 0.352 e. The van der Waals surface area contributed by atoms with E-state index in [1.165, 1.54) is 39.8 Å². The maximum absolute atomic E-state index is 13.4. The number of hydrogen-bond donors (Lipinski definition) is 3. The number of carbonyl (C=O) groups excluding carboxylic acids is 2. The Morgan fingerprint density at radius 3 is 2.71 bits per heavy atom. The largest absolute Gasteiger partial charge is 0.477 e. The molecule has 3 aromatic rings. The first-order valence-corrected chi connectivity index (χ1v) is 19.3. The summed E-state index contributed by atoms with van der Waals surface area (Å²) in [5.41, 5.74) is 7.21. The molecule has 4 aliphatic rings. The van der Waals surface area contributed by atoms with E-state index in [1.54, 1.807) is 22.9 Å². The second-order valence-corrected chi connectivity index (χ2v) is 16.0. The molecule has 1 aromatic carbocycles. The van der Waals surface area contributed by atoms with Crippen LogP contribution in [0.3, 0.4) is 0 Å². The minimum absolute atomic E-state index is 0.0875. The first-order valence-electron chi connectivity index (χ1n) is 15.7. The highest BCUT2D eigenvalue weighted by Gasteiger charge is 2.54. The summed E-state index contributed by atoms with van der Waals surface area (Å²) in [5.74, 6) is -2.15. The average molecular weight is 741 g/mol. The number of carboxylic acids is 1. The fraction of sp³-hybridized carbons (Fsp3) is 0.375. The number of nitrogens with one attached hydrogen (secondary N) is 1. The number of nitrogen functional groups attached to an aromatic ring is 1. The van der Waals surface area contributed by atoms with Crippen molar-refractivity contribution in [2.45, 2.75) is 47.4 Å². The Morgan fingerprint density at radius 1 is 1.18 bits per heavy atom. The summed E-state index contributed by atoms with van der Waals surface area (Å²) in [6, 6.07) is 6.46. The summed E-state index contributed by atoms with van der Waals surface area (Å²) in [5, 5.41) is 20.6. The molecule has 256 valence electrons. The van der Waals surface area contributed by atoms with Crippen LogP contribution in [0.25, 0.3) is 10.1 Å². The molecule has 1 aliphatic carbocycles. The van der Waals surface area contributed by atoms with E-state index < -0.39 is 29.2 Å². The summed E-state index contributed by atoms with van der Waals surface area (Å²) in [6.07, 6.45) is 5.29. The Balaban J connectivity index is 1.05. The van der Waals surface area contributed by atoms with Crippen LogP contribution < -0.4 is 21.4 Å². The number of amides is 2. The van der Waals surface area contributed by atoms with E-state index in [2.05, 4.69) is 20.4 Å². The number of thiazole rings is 1. The highest BCUT2D eigenvalue weighted by atomic mass is 32.2. The number of oxime groups is 1. The van der Waals surface area contributed by atoms with Crippen LogP contribution in [-0.4, -0.2) is 88.1 Å². The van der Waals surface area contributed by atoms with Crippen LogP contribution in [0.1, 0.15) is 31.4 Å². The van der Waals surface area contributed by atoms with Crippen LogP contribution in [0.4, 0.5) is 10.8 Å². The van der Waals surface area contributed by atoms with Crippen LogP contribution in [-0.2, 0) is 24.0 Å². The number of morpholine rings is 1. The van der Waals surface area contributed by atoms with Gasteiger partial charge in [0.2, 0.25) is 0 Å². The number of nitrogens with two attached hydrogens (primary N) is 1. The standard InChI is InChI=1S/C32H32N6O7S4/c33-32-34-21(16-48-32)25(36-45-19-3-1-2-4-19)28(40)35-26-29(41)38-27(31(42)43)17(15-47-30(26)38)7-12-46-24-14-22(39)20-6-5-18(13-23(20)49-24)37-8-10-44-11-9-37/h5-7,12-14,16,19,26,30H,1-4,8-11,15H2,(H2,33,34)(H,35,40)(H,42,43)/t26?,30-/m0/s1. The molecule has 13 nitrogen and oxygen atoms in total. The van der Waals surface area contributed by atoms with Crippen molar-refractivity contribution < 1.29 is 29.1 Å². The van der Waals surface area contributed by atoms with Gasteiger partial charge in [-0.1, -0.05) is 16.9 Å². The number of benzene rings is 1. The second-order valence-electron chi connectivity index (χ2n) is 11.7. The number of β-lactam (4-membered cyclic amide) rings is 1. The number of hydrogen-bond acceptors (Lipinski definition) is 14. The van der Waals surface area contributed by atoms with Gasteiger partial charge in [-0.2, -0.15) is 0 Å². The predicted octanol–water partition coefficient (Wildman–Crippen LogP) is 3.84. The summed E-state index contributed by atoms with van der Waals surface area (Å²) in [6.45, 7) is 2.90. The minimum Gasteiger partial charge on any atom is -0.477 e. The Morgan fingerprint density at radius 2 is 1.98 bits per heavy atom. The van der Waals surface area contributed by atoms with Crippen molar-refractivity contribution in [3.63, 3.8) is 0 Å². The van der Waals surface area contributed by atoms with Crippen LogP contribution in [0.2, 0.25) is 0 Å². The highest BCUT2D eigenvalue weighted by molar-refractivity contribution is 8.04. The van der Waals surface area contributed by atoms with Crippen LogP contribution in [0.5, 0.6) is 0 Å². The lowest BCUT2D eigenvalue weighted by Gasteiger charge is -2.49. The van der Waals surface area contributed by atoms with Gasteiger partial charge < -0.3 is 30.6 Å². The van der Waals surface area contributed by atoms with Gasteiger partial charge in [0.05, 0.1) is 17.4 Å². The summed E-state index contributed by atoms with van der Waals surface area (Å²) < 4.78 is 7.08. The van der Waals surface area contributed by atoms with Gasteiger partial charge >= 0.3 is 5.97 Å². The van der Waals surface area contributed by atoms with E-state index >= 15 is 0 Å². The van der Waals surface area contributed by atoms with Crippen LogP contribution >= 0.6 is 46.2 Å². The average Bonchev–Trinajstić information content (AvgIpc) is 3.79. The van der Waals surface area contributed by atoms with E-state index in [-0.39, 0.29) is 33.8 Å². The van der Waals surface area contributed by atoms with Crippen molar-refractivity contribution >= 4 is 90.6 Å². The number of fused-ring (bicyclic) bond motifs is 2. The van der Waals surface area contributed by atoms with Crippen molar-refractivity contribution in [2.24, 2.45) is 5.16 Å². The number of aromatic nitrogens is 1. The number of anilines is 2. The number of rotatable bonds is 10. The number of carbonyl (C=O) groups is 3. The number of allylic oxidation sites excluding steroid dienone is 1. The van der Waals surface area contributed by atoms with Crippen molar-refractivity contribution in [3.8, 4) is 0 Å². The zero-order valence-electron chi connectivity index (χ0n) is 26.0.